The van der Waals surface area contributed by atoms with E-state index < -0.39 is 10.0 Å². The largest absolute Gasteiger partial charge is 0.310 e. The third kappa shape index (κ3) is 5.07. The number of primary sulfonamides is 1. The van der Waals surface area contributed by atoms with Gasteiger partial charge in [0.05, 0.1) is 4.90 Å². The molecular formula is C15H25N3O2S. The fourth-order valence-electron chi connectivity index (χ4n) is 2.71. The third-order valence-electron chi connectivity index (χ3n) is 3.99. The summed E-state index contributed by atoms with van der Waals surface area (Å²) in [6.45, 7) is 6.56. The van der Waals surface area contributed by atoms with E-state index in [1.807, 2.05) is 13.0 Å². The lowest BCUT2D eigenvalue weighted by Crippen LogP contribution is -2.26. The minimum absolute atomic E-state index is 0.116. The number of sulfonamides is 1. The molecule has 0 amide bonds. The van der Waals surface area contributed by atoms with E-state index >= 15 is 0 Å². The second-order valence-corrected chi connectivity index (χ2v) is 7.26. The second-order valence-electron chi connectivity index (χ2n) is 5.70. The van der Waals surface area contributed by atoms with Crippen LogP contribution in [0.4, 0.5) is 0 Å². The van der Waals surface area contributed by atoms with Crippen LogP contribution in [-0.4, -0.2) is 39.5 Å². The molecular weight excluding hydrogens is 286 g/mol. The number of nitrogens with zero attached hydrogens (tertiary/aromatic N) is 1. The minimum Gasteiger partial charge on any atom is -0.310 e. The van der Waals surface area contributed by atoms with Crippen LogP contribution in [0.3, 0.4) is 0 Å². The van der Waals surface area contributed by atoms with Crippen molar-refractivity contribution in [3.8, 4) is 0 Å². The van der Waals surface area contributed by atoms with Crippen LogP contribution < -0.4 is 10.5 Å². The maximum Gasteiger partial charge on any atom is 0.238 e. The molecule has 2 rings (SSSR count). The van der Waals surface area contributed by atoms with Crippen LogP contribution in [-0.2, 0) is 10.0 Å². The van der Waals surface area contributed by atoms with Gasteiger partial charge >= 0.3 is 0 Å². The Morgan fingerprint density at radius 2 is 2.05 bits per heavy atom. The normalized spacial score (nSPS) is 18.0. The molecule has 1 heterocycles. The van der Waals surface area contributed by atoms with E-state index in [2.05, 4.69) is 10.2 Å². The summed E-state index contributed by atoms with van der Waals surface area (Å²) in [7, 11) is -3.63. The highest BCUT2D eigenvalue weighted by atomic mass is 32.2. The Labute approximate surface area is 127 Å². The molecule has 0 aromatic heterocycles. The summed E-state index contributed by atoms with van der Waals surface area (Å²) in [5.74, 6) is 0. The van der Waals surface area contributed by atoms with Crippen LogP contribution in [0.5, 0.6) is 0 Å². The first-order chi connectivity index (χ1) is 9.97. The maximum atomic E-state index is 11.4. The van der Waals surface area contributed by atoms with E-state index in [1.165, 1.54) is 32.0 Å². The van der Waals surface area contributed by atoms with Crippen LogP contribution >= 0.6 is 0 Å². The van der Waals surface area contributed by atoms with Crippen molar-refractivity contribution in [1.82, 2.24) is 10.2 Å². The second kappa shape index (κ2) is 7.35. The standard InChI is InChI=1S/C15H25N3O2S/c1-13(17-8-5-11-18-9-2-3-10-18)14-6-4-7-15(12-14)21(16,19)20/h4,6-7,12-13,17H,2-3,5,8-11H2,1H3,(H2,16,19,20). The summed E-state index contributed by atoms with van der Waals surface area (Å²) < 4.78 is 22.7. The van der Waals surface area contributed by atoms with Gasteiger partial charge in [-0.25, -0.2) is 13.6 Å². The van der Waals surface area contributed by atoms with Gasteiger partial charge in [0, 0.05) is 6.04 Å². The Bertz CT molecular complexity index is 554. The van der Waals surface area contributed by atoms with Crippen LogP contribution in [0.25, 0.3) is 0 Å². The number of benzene rings is 1. The monoisotopic (exact) mass is 311 g/mol. The first kappa shape index (κ1) is 16.4. The Hall–Kier alpha value is -0.950. The quantitative estimate of drug-likeness (QED) is 0.748. The van der Waals surface area contributed by atoms with Gasteiger partial charge in [0.1, 0.15) is 0 Å². The molecule has 1 saturated heterocycles. The minimum atomic E-state index is -3.63. The van der Waals surface area contributed by atoms with Gasteiger partial charge in [-0.2, -0.15) is 0 Å². The highest BCUT2D eigenvalue weighted by Gasteiger charge is 2.12. The number of likely N-dealkylation sites (tertiary alicyclic amines) is 1. The van der Waals surface area contributed by atoms with Crippen LogP contribution in [0.15, 0.2) is 29.2 Å². The summed E-state index contributed by atoms with van der Waals surface area (Å²) in [4.78, 5) is 2.67. The fourth-order valence-corrected chi connectivity index (χ4v) is 3.27. The first-order valence-corrected chi connectivity index (χ1v) is 9.10. The molecule has 1 unspecified atom stereocenters. The number of hydrogen-bond acceptors (Lipinski definition) is 4. The fraction of sp³-hybridized carbons (Fsp3) is 0.600. The zero-order chi connectivity index (χ0) is 15.3. The predicted molar refractivity (Wildman–Crippen MR) is 84.5 cm³/mol. The maximum absolute atomic E-state index is 11.4. The predicted octanol–water partition coefficient (Wildman–Crippen LogP) is 1.47. The SMILES string of the molecule is CC(NCCCN1CCCC1)c1cccc(S(N)(=O)=O)c1. The van der Waals surface area contributed by atoms with Crippen molar-refractivity contribution in [2.24, 2.45) is 5.14 Å². The summed E-state index contributed by atoms with van der Waals surface area (Å²) in [6.07, 6.45) is 3.76. The molecule has 118 valence electrons. The Kier molecular flexibility index (Phi) is 5.75. The van der Waals surface area contributed by atoms with Gasteiger partial charge in [0.25, 0.3) is 0 Å². The zero-order valence-electron chi connectivity index (χ0n) is 12.6. The molecule has 1 fully saturated rings. The van der Waals surface area contributed by atoms with Crippen molar-refractivity contribution in [3.05, 3.63) is 29.8 Å². The third-order valence-corrected chi connectivity index (χ3v) is 4.90. The van der Waals surface area contributed by atoms with E-state index in [1.54, 1.807) is 12.1 Å². The van der Waals surface area contributed by atoms with Gasteiger partial charge in [-0.3, -0.25) is 0 Å². The van der Waals surface area contributed by atoms with Crippen LogP contribution in [0.2, 0.25) is 0 Å². The molecule has 1 atom stereocenters. The van der Waals surface area contributed by atoms with Crippen LogP contribution in [0.1, 0.15) is 37.8 Å². The smallest absolute Gasteiger partial charge is 0.238 e. The first-order valence-electron chi connectivity index (χ1n) is 7.55. The molecule has 1 aliphatic rings. The lowest BCUT2D eigenvalue weighted by atomic mass is 10.1. The lowest BCUT2D eigenvalue weighted by molar-refractivity contribution is 0.328. The molecule has 1 aromatic carbocycles. The van der Waals surface area contributed by atoms with Gasteiger partial charge < -0.3 is 10.2 Å². The Balaban J connectivity index is 1.81. The molecule has 0 saturated carbocycles. The van der Waals surface area contributed by atoms with Crippen molar-refractivity contribution in [1.29, 1.82) is 0 Å². The number of rotatable bonds is 7. The molecule has 3 N–H and O–H groups in total. The molecule has 0 spiro atoms. The van der Waals surface area contributed by atoms with Gasteiger partial charge in [0.2, 0.25) is 10.0 Å². The van der Waals surface area contributed by atoms with Gasteiger partial charge in [-0.15, -0.1) is 0 Å². The van der Waals surface area contributed by atoms with E-state index in [0.29, 0.717) is 0 Å². The zero-order valence-corrected chi connectivity index (χ0v) is 13.4. The Morgan fingerprint density at radius 3 is 2.71 bits per heavy atom. The Morgan fingerprint density at radius 1 is 1.33 bits per heavy atom. The van der Waals surface area contributed by atoms with E-state index in [-0.39, 0.29) is 10.9 Å². The molecule has 6 heteroatoms. The molecule has 1 aromatic rings. The van der Waals surface area contributed by atoms with E-state index in [0.717, 1.165) is 25.1 Å². The summed E-state index contributed by atoms with van der Waals surface area (Å²) in [5.41, 5.74) is 0.947. The number of hydrogen-bond donors (Lipinski definition) is 2. The molecule has 5 nitrogen and oxygen atoms in total. The topological polar surface area (TPSA) is 75.4 Å². The van der Waals surface area contributed by atoms with Crippen molar-refractivity contribution >= 4 is 10.0 Å². The highest BCUT2D eigenvalue weighted by molar-refractivity contribution is 7.89. The molecule has 0 radical (unpaired) electrons. The average Bonchev–Trinajstić information content (AvgIpc) is 2.96. The number of nitrogens with two attached hydrogens (primary N) is 1. The van der Waals surface area contributed by atoms with E-state index in [4.69, 9.17) is 5.14 Å². The molecule has 0 bridgehead atoms. The van der Waals surface area contributed by atoms with Crippen LogP contribution in [0, 0.1) is 0 Å². The lowest BCUT2D eigenvalue weighted by Gasteiger charge is -2.17. The van der Waals surface area contributed by atoms with Crippen molar-refractivity contribution in [2.45, 2.75) is 37.1 Å². The summed E-state index contributed by atoms with van der Waals surface area (Å²) in [5, 5.41) is 8.60. The van der Waals surface area contributed by atoms with Crippen molar-refractivity contribution in [3.63, 3.8) is 0 Å². The van der Waals surface area contributed by atoms with Crippen molar-refractivity contribution < 1.29 is 8.42 Å². The molecule has 0 aliphatic carbocycles. The molecule has 21 heavy (non-hydrogen) atoms. The summed E-state index contributed by atoms with van der Waals surface area (Å²) in [6, 6.07) is 6.95. The van der Waals surface area contributed by atoms with Gasteiger partial charge in [-0.05, 0) is 70.1 Å². The number of nitrogens with one attached hydrogen (secondary N) is 1. The average molecular weight is 311 g/mol. The summed E-state index contributed by atoms with van der Waals surface area (Å²) >= 11 is 0. The van der Waals surface area contributed by atoms with E-state index in [9.17, 15) is 8.42 Å². The van der Waals surface area contributed by atoms with Gasteiger partial charge in [0.15, 0.2) is 0 Å². The van der Waals surface area contributed by atoms with Gasteiger partial charge in [-0.1, -0.05) is 12.1 Å². The highest BCUT2D eigenvalue weighted by Crippen LogP contribution is 2.16. The van der Waals surface area contributed by atoms with Crippen molar-refractivity contribution in [2.75, 3.05) is 26.2 Å². The molecule has 1 aliphatic heterocycles.